The molecule has 0 aromatic carbocycles. The van der Waals surface area contributed by atoms with Crippen molar-refractivity contribution in [2.75, 3.05) is 13.1 Å². The second-order valence-electron chi connectivity index (χ2n) is 5.57. The first-order chi connectivity index (χ1) is 9.01. The number of carbonyl (C=O) groups is 1. The molecule has 106 valence electrons. The topological polar surface area (TPSA) is 20.3 Å². The monoisotopic (exact) mass is 343 g/mol. The molecule has 19 heavy (non-hydrogen) atoms. The number of nitrogens with zero attached hydrogens (tertiary/aromatic N) is 1. The van der Waals surface area contributed by atoms with Crippen molar-refractivity contribution in [2.24, 2.45) is 5.41 Å². The van der Waals surface area contributed by atoms with Gasteiger partial charge in [-0.15, -0.1) is 11.3 Å². The van der Waals surface area contributed by atoms with E-state index in [1.54, 1.807) is 11.3 Å². The molecule has 0 unspecified atom stereocenters. The van der Waals surface area contributed by atoms with Gasteiger partial charge in [-0.1, -0.05) is 26.7 Å². The summed E-state index contributed by atoms with van der Waals surface area (Å²) in [6.07, 6.45) is 4.76. The average molecular weight is 344 g/mol. The fourth-order valence-corrected chi connectivity index (χ4v) is 4.37. The van der Waals surface area contributed by atoms with Gasteiger partial charge in [-0.25, -0.2) is 0 Å². The molecule has 0 bridgehead atoms. The van der Waals surface area contributed by atoms with Crippen LogP contribution in [0.4, 0.5) is 0 Å². The van der Waals surface area contributed by atoms with E-state index < -0.39 is 0 Å². The molecule has 0 atom stereocenters. The minimum atomic E-state index is 0.208. The van der Waals surface area contributed by atoms with Crippen LogP contribution in [0, 0.1) is 12.3 Å². The van der Waals surface area contributed by atoms with Gasteiger partial charge in [-0.3, -0.25) is 4.79 Å². The second-order valence-corrected chi connectivity index (χ2v) is 7.94. The Hall–Kier alpha value is -0.350. The van der Waals surface area contributed by atoms with E-state index >= 15 is 0 Å². The van der Waals surface area contributed by atoms with Gasteiger partial charge in [0.05, 0.1) is 8.66 Å². The predicted octanol–water partition coefficient (Wildman–Crippen LogP) is 4.86. The highest BCUT2D eigenvalue weighted by Gasteiger charge is 2.33. The summed E-state index contributed by atoms with van der Waals surface area (Å²) in [5, 5.41) is 0. The smallest absolute Gasteiger partial charge is 0.263 e. The SMILES string of the molecule is CCC1(CC)CCN(C(=O)c2cc(C)c(Br)s2)CC1. The molecule has 1 fully saturated rings. The third kappa shape index (κ3) is 3.05. The summed E-state index contributed by atoms with van der Waals surface area (Å²) in [5.41, 5.74) is 1.63. The van der Waals surface area contributed by atoms with Gasteiger partial charge in [0.2, 0.25) is 0 Å². The van der Waals surface area contributed by atoms with Crippen molar-refractivity contribution in [3.63, 3.8) is 0 Å². The van der Waals surface area contributed by atoms with Gasteiger partial charge in [0, 0.05) is 13.1 Å². The summed E-state index contributed by atoms with van der Waals surface area (Å²) in [6, 6.07) is 2.00. The Morgan fingerprint density at radius 2 is 1.95 bits per heavy atom. The molecule has 0 saturated carbocycles. The number of aryl methyl sites for hydroxylation is 1. The van der Waals surface area contributed by atoms with Crippen LogP contribution in [-0.4, -0.2) is 23.9 Å². The Balaban J connectivity index is 2.03. The van der Waals surface area contributed by atoms with E-state index in [4.69, 9.17) is 0 Å². The van der Waals surface area contributed by atoms with Crippen LogP contribution in [0.15, 0.2) is 9.85 Å². The van der Waals surface area contributed by atoms with Crippen molar-refractivity contribution in [1.29, 1.82) is 0 Å². The Labute approximate surface area is 128 Å². The summed E-state index contributed by atoms with van der Waals surface area (Å²) in [7, 11) is 0. The van der Waals surface area contributed by atoms with Gasteiger partial charge >= 0.3 is 0 Å². The van der Waals surface area contributed by atoms with Gasteiger partial charge in [-0.2, -0.15) is 0 Å². The Morgan fingerprint density at radius 3 is 2.37 bits per heavy atom. The molecule has 2 heterocycles. The van der Waals surface area contributed by atoms with Crippen molar-refractivity contribution in [1.82, 2.24) is 4.90 Å². The largest absolute Gasteiger partial charge is 0.338 e. The molecule has 0 aliphatic carbocycles. The minimum Gasteiger partial charge on any atom is -0.338 e. The van der Waals surface area contributed by atoms with E-state index in [-0.39, 0.29) is 5.91 Å². The standard InChI is InChI=1S/C15H22BrNOS/c1-4-15(5-2)6-8-17(9-7-15)14(18)12-10-11(3)13(16)19-12/h10H,4-9H2,1-3H3. The van der Waals surface area contributed by atoms with Gasteiger partial charge in [0.1, 0.15) is 0 Å². The highest BCUT2D eigenvalue weighted by atomic mass is 79.9. The zero-order valence-corrected chi connectivity index (χ0v) is 14.4. The van der Waals surface area contributed by atoms with Gasteiger partial charge in [0.25, 0.3) is 5.91 Å². The van der Waals surface area contributed by atoms with Crippen molar-refractivity contribution in [2.45, 2.75) is 46.5 Å². The van der Waals surface area contributed by atoms with Crippen LogP contribution < -0.4 is 0 Å². The summed E-state index contributed by atoms with van der Waals surface area (Å²) in [4.78, 5) is 15.4. The minimum absolute atomic E-state index is 0.208. The van der Waals surface area contributed by atoms with E-state index in [9.17, 15) is 4.79 Å². The lowest BCUT2D eigenvalue weighted by Gasteiger charge is -2.40. The van der Waals surface area contributed by atoms with Crippen LogP contribution >= 0.6 is 27.3 Å². The molecule has 0 spiro atoms. The molecule has 0 radical (unpaired) electrons. The maximum absolute atomic E-state index is 12.5. The molecule has 0 N–H and O–H groups in total. The van der Waals surface area contributed by atoms with Crippen LogP contribution in [0.1, 0.15) is 54.8 Å². The Bertz CT molecular complexity index is 435. The number of piperidine rings is 1. The maximum atomic E-state index is 12.5. The molecule has 1 aromatic heterocycles. The number of amides is 1. The third-order valence-corrected chi connectivity index (χ3v) is 6.80. The van der Waals surface area contributed by atoms with Gasteiger partial charge in [-0.05, 0) is 52.7 Å². The fraction of sp³-hybridized carbons (Fsp3) is 0.667. The van der Waals surface area contributed by atoms with Crippen molar-refractivity contribution in [3.05, 3.63) is 20.3 Å². The number of hydrogen-bond acceptors (Lipinski definition) is 2. The quantitative estimate of drug-likeness (QED) is 0.767. The number of carbonyl (C=O) groups excluding carboxylic acids is 1. The zero-order valence-electron chi connectivity index (χ0n) is 12.0. The summed E-state index contributed by atoms with van der Waals surface area (Å²) >= 11 is 5.05. The first-order valence-corrected chi connectivity index (χ1v) is 8.67. The van der Waals surface area contributed by atoms with Crippen molar-refractivity contribution >= 4 is 33.2 Å². The van der Waals surface area contributed by atoms with Crippen LogP contribution in [0.25, 0.3) is 0 Å². The number of thiophene rings is 1. The molecule has 1 aliphatic rings. The van der Waals surface area contributed by atoms with Crippen molar-refractivity contribution < 1.29 is 4.79 Å². The number of rotatable bonds is 3. The Morgan fingerprint density at radius 1 is 1.37 bits per heavy atom. The van der Waals surface area contributed by atoms with E-state index in [1.165, 1.54) is 12.8 Å². The van der Waals surface area contributed by atoms with Crippen molar-refractivity contribution in [3.8, 4) is 0 Å². The lowest BCUT2D eigenvalue weighted by Crippen LogP contribution is -2.42. The summed E-state index contributed by atoms with van der Waals surface area (Å²) in [6.45, 7) is 8.42. The van der Waals surface area contributed by atoms with Gasteiger partial charge < -0.3 is 4.90 Å². The predicted molar refractivity (Wildman–Crippen MR) is 84.9 cm³/mol. The van der Waals surface area contributed by atoms with E-state index in [2.05, 4.69) is 29.8 Å². The van der Waals surface area contributed by atoms with Crippen LogP contribution in [-0.2, 0) is 0 Å². The van der Waals surface area contributed by atoms with Crippen LogP contribution in [0.3, 0.4) is 0 Å². The molecule has 2 rings (SSSR count). The first-order valence-electron chi connectivity index (χ1n) is 7.06. The Kier molecular flexibility index (Phi) is 4.72. The number of hydrogen-bond donors (Lipinski definition) is 0. The number of likely N-dealkylation sites (tertiary alicyclic amines) is 1. The normalized spacial score (nSPS) is 18.6. The lowest BCUT2D eigenvalue weighted by atomic mass is 9.74. The lowest BCUT2D eigenvalue weighted by molar-refractivity contribution is 0.0562. The van der Waals surface area contributed by atoms with Crippen LogP contribution in [0.5, 0.6) is 0 Å². The third-order valence-electron chi connectivity index (χ3n) is 4.68. The van der Waals surface area contributed by atoms with Gasteiger partial charge in [0.15, 0.2) is 0 Å². The van der Waals surface area contributed by atoms with E-state index in [0.717, 1.165) is 40.2 Å². The summed E-state index contributed by atoms with van der Waals surface area (Å²) < 4.78 is 1.07. The molecule has 2 nitrogen and oxygen atoms in total. The summed E-state index contributed by atoms with van der Waals surface area (Å²) in [5.74, 6) is 0.208. The molecule has 1 aliphatic heterocycles. The second kappa shape index (κ2) is 5.96. The zero-order chi connectivity index (χ0) is 14.0. The highest BCUT2D eigenvalue weighted by Crippen LogP contribution is 2.38. The fourth-order valence-electron chi connectivity index (χ4n) is 2.86. The first kappa shape index (κ1) is 15.0. The molecule has 1 aromatic rings. The molecule has 1 saturated heterocycles. The average Bonchev–Trinajstić information content (AvgIpc) is 2.78. The maximum Gasteiger partial charge on any atom is 0.263 e. The molecular weight excluding hydrogens is 322 g/mol. The number of halogens is 1. The van der Waals surface area contributed by atoms with Crippen LogP contribution in [0.2, 0.25) is 0 Å². The van der Waals surface area contributed by atoms with E-state index in [0.29, 0.717) is 5.41 Å². The molecular formula is C15H22BrNOS. The molecule has 1 amide bonds. The van der Waals surface area contributed by atoms with E-state index in [1.807, 2.05) is 17.9 Å². The molecule has 4 heteroatoms. The highest BCUT2D eigenvalue weighted by molar-refractivity contribution is 9.11.